The third-order valence-electron chi connectivity index (χ3n) is 8.58. The second kappa shape index (κ2) is 8.09. The molecule has 0 atom stereocenters. The standard InChI is InChI=1S/C37H28N2/c1-37(2)30-17-8-9-18-33(30)39(26-12-4-3-5-13-26)34-22-20-25(23-31(34)37)28-15-10-16-29-35-27-14-7-6-11-24(27)19-21-32(35)38-36(28)29/h3-23,38H,1-2H3. The molecule has 1 N–H and O–H groups in total. The van der Waals surface area contributed by atoms with Gasteiger partial charge >= 0.3 is 0 Å². The molecule has 0 unspecified atom stereocenters. The fourth-order valence-corrected chi connectivity index (χ4v) is 6.66. The highest BCUT2D eigenvalue weighted by atomic mass is 15.2. The number of rotatable bonds is 2. The molecule has 186 valence electrons. The lowest BCUT2D eigenvalue weighted by Crippen LogP contribution is -2.30. The Morgan fingerprint density at radius 3 is 2.23 bits per heavy atom. The van der Waals surface area contributed by atoms with Gasteiger partial charge in [0.05, 0.1) is 16.9 Å². The van der Waals surface area contributed by atoms with E-state index < -0.39 is 0 Å². The van der Waals surface area contributed by atoms with Crippen LogP contribution < -0.4 is 4.90 Å². The summed E-state index contributed by atoms with van der Waals surface area (Å²) in [5, 5.41) is 5.13. The first-order valence-corrected chi connectivity index (χ1v) is 13.6. The minimum absolute atomic E-state index is 0.141. The highest BCUT2D eigenvalue weighted by molar-refractivity contribution is 6.22. The van der Waals surface area contributed by atoms with Crippen molar-refractivity contribution in [3.63, 3.8) is 0 Å². The molecule has 1 aromatic heterocycles. The predicted molar refractivity (Wildman–Crippen MR) is 166 cm³/mol. The Morgan fingerprint density at radius 2 is 1.33 bits per heavy atom. The number of para-hydroxylation sites is 3. The van der Waals surface area contributed by atoms with Gasteiger partial charge in [-0.2, -0.15) is 0 Å². The maximum Gasteiger partial charge on any atom is 0.0544 e. The van der Waals surface area contributed by atoms with Gasteiger partial charge in [-0.05, 0) is 63.9 Å². The predicted octanol–water partition coefficient (Wildman–Crippen LogP) is 10.3. The second-order valence-electron chi connectivity index (χ2n) is 11.1. The highest BCUT2D eigenvalue weighted by Crippen LogP contribution is 2.52. The van der Waals surface area contributed by atoms with E-state index in [1.807, 2.05) is 0 Å². The van der Waals surface area contributed by atoms with Gasteiger partial charge in [-0.25, -0.2) is 0 Å². The zero-order chi connectivity index (χ0) is 26.1. The first-order valence-electron chi connectivity index (χ1n) is 13.6. The number of hydrogen-bond acceptors (Lipinski definition) is 1. The van der Waals surface area contributed by atoms with Crippen molar-refractivity contribution >= 4 is 49.6 Å². The van der Waals surface area contributed by atoms with E-state index in [0.29, 0.717) is 0 Å². The summed E-state index contributed by atoms with van der Waals surface area (Å²) in [7, 11) is 0. The summed E-state index contributed by atoms with van der Waals surface area (Å²) >= 11 is 0. The largest absolute Gasteiger partial charge is 0.354 e. The molecule has 0 radical (unpaired) electrons. The van der Waals surface area contributed by atoms with Crippen LogP contribution in [-0.2, 0) is 5.41 Å². The lowest BCUT2D eigenvalue weighted by atomic mass is 9.73. The third-order valence-corrected chi connectivity index (χ3v) is 8.58. The normalized spacial score (nSPS) is 14.1. The van der Waals surface area contributed by atoms with Crippen LogP contribution in [0.2, 0.25) is 0 Å². The van der Waals surface area contributed by atoms with Gasteiger partial charge in [0.2, 0.25) is 0 Å². The third kappa shape index (κ3) is 3.15. The molecule has 2 heteroatoms. The van der Waals surface area contributed by atoms with Crippen LogP contribution >= 0.6 is 0 Å². The fourth-order valence-electron chi connectivity index (χ4n) is 6.66. The summed E-state index contributed by atoms with van der Waals surface area (Å²) in [6.45, 7) is 4.71. The Morgan fingerprint density at radius 1 is 0.590 bits per heavy atom. The van der Waals surface area contributed by atoms with Gasteiger partial charge < -0.3 is 9.88 Å². The molecule has 7 aromatic rings. The van der Waals surface area contributed by atoms with E-state index in [1.165, 1.54) is 71.9 Å². The second-order valence-corrected chi connectivity index (χ2v) is 11.1. The molecular formula is C37H28N2. The molecule has 0 fully saturated rings. The van der Waals surface area contributed by atoms with Gasteiger partial charge in [-0.3, -0.25) is 0 Å². The summed E-state index contributed by atoms with van der Waals surface area (Å²) in [4.78, 5) is 6.19. The number of aromatic nitrogens is 1. The average Bonchev–Trinajstić information content (AvgIpc) is 3.37. The number of H-pyrrole nitrogens is 1. The summed E-state index contributed by atoms with van der Waals surface area (Å²) in [5.41, 5.74) is 11.0. The maximum absolute atomic E-state index is 3.78. The van der Waals surface area contributed by atoms with E-state index in [9.17, 15) is 0 Å². The first kappa shape index (κ1) is 22.2. The van der Waals surface area contributed by atoms with Gasteiger partial charge in [-0.15, -0.1) is 0 Å². The van der Waals surface area contributed by atoms with Crippen LogP contribution in [0.4, 0.5) is 17.1 Å². The number of anilines is 3. The molecule has 0 saturated carbocycles. The maximum atomic E-state index is 3.78. The Balaban J connectivity index is 1.38. The average molecular weight is 501 g/mol. The fraction of sp³-hybridized carbons (Fsp3) is 0.0811. The van der Waals surface area contributed by atoms with Crippen molar-refractivity contribution in [1.29, 1.82) is 0 Å². The van der Waals surface area contributed by atoms with Crippen molar-refractivity contribution in [2.24, 2.45) is 0 Å². The zero-order valence-corrected chi connectivity index (χ0v) is 22.1. The van der Waals surface area contributed by atoms with Crippen molar-refractivity contribution in [2.75, 3.05) is 4.90 Å². The van der Waals surface area contributed by atoms with Crippen molar-refractivity contribution in [1.82, 2.24) is 4.98 Å². The molecular weight excluding hydrogens is 472 g/mol. The number of hydrogen-bond donors (Lipinski definition) is 1. The van der Waals surface area contributed by atoms with E-state index in [0.717, 1.165) is 0 Å². The van der Waals surface area contributed by atoms with Crippen molar-refractivity contribution in [3.05, 3.63) is 139 Å². The topological polar surface area (TPSA) is 19.0 Å². The summed E-state index contributed by atoms with van der Waals surface area (Å²) in [6, 6.07) is 46.3. The summed E-state index contributed by atoms with van der Waals surface area (Å²) < 4.78 is 0. The Bertz CT molecular complexity index is 2050. The number of benzene rings is 6. The van der Waals surface area contributed by atoms with Crippen molar-refractivity contribution in [2.45, 2.75) is 19.3 Å². The van der Waals surface area contributed by atoms with Crippen LogP contribution in [0.15, 0.2) is 127 Å². The highest BCUT2D eigenvalue weighted by Gasteiger charge is 2.37. The van der Waals surface area contributed by atoms with E-state index in [1.54, 1.807) is 0 Å². The van der Waals surface area contributed by atoms with E-state index in [2.05, 4.69) is 151 Å². The number of fused-ring (bicyclic) bond motifs is 7. The molecule has 1 aliphatic rings. The minimum Gasteiger partial charge on any atom is -0.354 e. The SMILES string of the molecule is CC1(C)c2ccccc2N(c2ccccc2)c2ccc(-c3cccc4c3[nH]c3ccc5ccccc5c34)cc21. The van der Waals surface area contributed by atoms with Crippen LogP contribution in [0.5, 0.6) is 0 Å². The van der Waals surface area contributed by atoms with Crippen LogP contribution in [0, 0.1) is 0 Å². The quantitative estimate of drug-likeness (QED) is 0.250. The minimum atomic E-state index is -0.141. The van der Waals surface area contributed by atoms with E-state index >= 15 is 0 Å². The molecule has 1 aliphatic heterocycles. The molecule has 39 heavy (non-hydrogen) atoms. The van der Waals surface area contributed by atoms with Crippen molar-refractivity contribution in [3.8, 4) is 11.1 Å². The molecule has 8 rings (SSSR count). The van der Waals surface area contributed by atoms with E-state index in [4.69, 9.17) is 0 Å². The lowest BCUT2D eigenvalue weighted by Gasteiger charge is -2.42. The molecule has 2 heterocycles. The summed E-state index contributed by atoms with van der Waals surface area (Å²) in [5.74, 6) is 0. The van der Waals surface area contributed by atoms with Crippen LogP contribution in [0.3, 0.4) is 0 Å². The van der Waals surface area contributed by atoms with Crippen LogP contribution in [0.25, 0.3) is 43.7 Å². The smallest absolute Gasteiger partial charge is 0.0544 e. The Kier molecular flexibility index (Phi) is 4.60. The number of aromatic amines is 1. The zero-order valence-electron chi connectivity index (χ0n) is 22.1. The van der Waals surface area contributed by atoms with Gasteiger partial charge in [0.15, 0.2) is 0 Å². The molecule has 0 aliphatic carbocycles. The first-order chi connectivity index (χ1) is 19.1. The monoisotopic (exact) mass is 500 g/mol. The molecule has 6 aromatic carbocycles. The van der Waals surface area contributed by atoms with Crippen LogP contribution in [0.1, 0.15) is 25.0 Å². The Hall–Kier alpha value is -4.82. The molecule has 0 saturated heterocycles. The van der Waals surface area contributed by atoms with Gasteiger partial charge in [-0.1, -0.05) is 105 Å². The molecule has 2 nitrogen and oxygen atoms in total. The molecule has 0 amide bonds. The number of nitrogens with zero attached hydrogens (tertiary/aromatic N) is 1. The molecule has 0 spiro atoms. The van der Waals surface area contributed by atoms with Gasteiger partial charge in [0.1, 0.15) is 0 Å². The van der Waals surface area contributed by atoms with Crippen molar-refractivity contribution < 1.29 is 0 Å². The Labute approximate surface area is 228 Å². The van der Waals surface area contributed by atoms with Crippen LogP contribution in [-0.4, -0.2) is 4.98 Å². The van der Waals surface area contributed by atoms with E-state index in [-0.39, 0.29) is 5.41 Å². The number of nitrogens with one attached hydrogen (secondary N) is 1. The summed E-state index contributed by atoms with van der Waals surface area (Å²) in [6.07, 6.45) is 0. The van der Waals surface area contributed by atoms with Gasteiger partial charge in [0, 0.05) is 33.0 Å². The molecule has 0 bridgehead atoms. The lowest BCUT2D eigenvalue weighted by molar-refractivity contribution is 0.632. The van der Waals surface area contributed by atoms with Gasteiger partial charge in [0.25, 0.3) is 0 Å².